The second kappa shape index (κ2) is 7.33. The molecule has 114 valence electrons. The van der Waals surface area contributed by atoms with Crippen molar-refractivity contribution in [2.45, 2.75) is 39.9 Å². The summed E-state index contributed by atoms with van der Waals surface area (Å²) in [6, 6.07) is 8.32. The molecule has 0 spiro atoms. The zero-order valence-corrected chi connectivity index (χ0v) is 13.1. The summed E-state index contributed by atoms with van der Waals surface area (Å²) in [6.45, 7) is 9.36. The number of rotatable bonds is 7. The van der Waals surface area contributed by atoms with Crippen LogP contribution in [-0.2, 0) is 9.47 Å². The Bertz CT molecular complexity index is 543. The zero-order valence-electron chi connectivity index (χ0n) is 13.1. The molecule has 1 aromatic heterocycles. The predicted octanol–water partition coefficient (Wildman–Crippen LogP) is 3.46. The predicted molar refractivity (Wildman–Crippen MR) is 81.4 cm³/mol. The van der Waals surface area contributed by atoms with Crippen LogP contribution in [0.4, 0.5) is 0 Å². The number of hydrogen-bond donors (Lipinski definition) is 0. The summed E-state index contributed by atoms with van der Waals surface area (Å²) in [5.74, 6) is 0.519. The van der Waals surface area contributed by atoms with E-state index in [0.717, 1.165) is 5.69 Å². The Morgan fingerprint density at radius 1 is 1.05 bits per heavy atom. The molecular weight excluding hydrogens is 266 g/mol. The third kappa shape index (κ3) is 3.89. The molecule has 0 aliphatic heterocycles. The molecule has 0 atom stereocenters. The van der Waals surface area contributed by atoms with Gasteiger partial charge in [0.15, 0.2) is 0 Å². The number of aromatic nitrogens is 3. The first-order chi connectivity index (χ1) is 10.2. The first-order valence-electron chi connectivity index (χ1n) is 7.41. The van der Waals surface area contributed by atoms with Crippen LogP contribution in [0, 0.1) is 0 Å². The van der Waals surface area contributed by atoms with E-state index in [1.54, 1.807) is 4.68 Å². The summed E-state index contributed by atoms with van der Waals surface area (Å²) in [4.78, 5) is 0. The van der Waals surface area contributed by atoms with E-state index in [4.69, 9.17) is 9.47 Å². The van der Waals surface area contributed by atoms with E-state index in [1.165, 1.54) is 5.56 Å². The molecule has 0 saturated heterocycles. The van der Waals surface area contributed by atoms with Gasteiger partial charge in [0, 0.05) is 13.2 Å². The normalized spacial score (nSPS) is 11.5. The largest absolute Gasteiger partial charge is 0.347 e. The molecule has 0 bridgehead atoms. The average Bonchev–Trinajstić information content (AvgIpc) is 2.97. The lowest BCUT2D eigenvalue weighted by atomic mass is 10.0. The van der Waals surface area contributed by atoms with Gasteiger partial charge in [-0.15, -0.1) is 5.10 Å². The van der Waals surface area contributed by atoms with Crippen molar-refractivity contribution in [2.24, 2.45) is 0 Å². The van der Waals surface area contributed by atoms with E-state index in [-0.39, 0.29) is 0 Å². The third-order valence-electron chi connectivity index (χ3n) is 3.21. The molecule has 0 saturated carbocycles. The van der Waals surface area contributed by atoms with Crippen LogP contribution in [0.5, 0.6) is 0 Å². The quantitative estimate of drug-likeness (QED) is 0.732. The van der Waals surface area contributed by atoms with E-state index < -0.39 is 6.29 Å². The number of hydrogen-bond acceptors (Lipinski definition) is 4. The standard InChI is InChI=1S/C16H23N3O2/c1-5-20-16(21-6-2)15-11-19(18-17-15)14-9-7-13(8-10-14)12(3)4/h7-12,16H,5-6H2,1-4H3. The van der Waals surface area contributed by atoms with Crippen molar-refractivity contribution in [3.05, 3.63) is 41.7 Å². The number of nitrogens with zero attached hydrogens (tertiary/aromatic N) is 3. The van der Waals surface area contributed by atoms with Gasteiger partial charge < -0.3 is 9.47 Å². The van der Waals surface area contributed by atoms with Crippen LogP contribution in [0.15, 0.2) is 30.5 Å². The van der Waals surface area contributed by atoms with Crippen molar-refractivity contribution in [1.82, 2.24) is 15.0 Å². The van der Waals surface area contributed by atoms with Crippen LogP contribution in [-0.4, -0.2) is 28.2 Å². The molecule has 5 heteroatoms. The first-order valence-corrected chi connectivity index (χ1v) is 7.41. The number of benzene rings is 1. The van der Waals surface area contributed by atoms with Gasteiger partial charge in [0.1, 0.15) is 5.69 Å². The van der Waals surface area contributed by atoms with Crippen molar-refractivity contribution < 1.29 is 9.47 Å². The third-order valence-corrected chi connectivity index (χ3v) is 3.21. The summed E-state index contributed by atoms with van der Waals surface area (Å²) in [5, 5.41) is 8.30. The Morgan fingerprint density at radius 3 is 2.19 bits per heavy atom. The fourth-order valence-electron chi connectivity index (χ4n) is 2.04. The van der Waals surface area contributed by atoms with Crippen molar-refractivity contribution >= 4 is 0 Å². The van der Waals surface area contributed by atoms with Gasteiger partial charge in [0.25, 0.3) is 0 Å². The Hall–Kier alpha value is -1.72. The second-order valence-corrected chi connectivity index (χ2v) is 5.08. The molecule has 5 nitrogen and oxygen atoms in total. The van der Waals surface area contributed by atoms with Crippen LogP contribution < -0.4 is 0 Å². The molecule has 21 heavy (non-hydrogen) atoms. The summed E-state index contributed by atoms with van der Waals surface area (Å²) in [7, 11) is 0. The molecule has 0 radical (unpaired) electrons. The van der Waals surface area contributed by atoms with Crippen molar-refractivity contribution in [1.29, 1.82) is 0 Å². The van der Waals surface area contributed by atoms with Crippen LogP contribution in [0.1, 0.15) is 51.2 Å². The average molecular weight is 289 g/mol. The Morgan fingerprint density at radius 2 is 1.67 bits per heavy atom. The Balaban J connectivity index is 2.18. The van der Waals surface area contributed by atoms with E-state index >= 15 is 0 Å². The molecule has 0 fully saturated rings. The highest BCUT2D eigenvalue weighted by Gasteiger charge is 2.16. The van der Waals surface area contributed by atoms with Gasteiger partial charge in [-0.25, -0.2) is 4.68 Å². The van der Waals surface area contributed by atoms with Gasteiger partial charge in [-0.3, -0.25) is 0 Å². The van der Waals surface area contributed by atoms with Gasteiger partial charge in [-0.1, -0.05) is 31.2 Å². The molecule has 0 aliphatic rings. The van der Waals surface area contributed by atoms with Crippen molar-refractivity contribution in [3.63, 3.8) is 0 Å². The van der Waals surface area contributed by atoms with E-state index in [1.807, 2.05) is 32.2 Å². The summed E-state index contributed by atoms with van der Waals surface area (Å²) < 4.78 is 12.8. The Kier molecular flexibility index (Phi) is 5.47. The van der Waals surface area contributed by atoms with Gasteiger partial charge in [-0.05, 0) is 37.5 Å². The van der Waals surface area contributed by atoms with Gasteiger partial charge >= 0.3 is 0 Å². The van der Waals surface area contributed by atoms with Crippen LogP contribution in [0.2, 0.25) is 0 Å². The van der Waals surface area contributed by atoms with E-state index in [9.17, 15) is 0 Å². The highest BCUT2D eigenvalue weighted by molar-refractivity contribution is 5.34. The van der Waals surface area contributed by atoms with Crippen LogP contribution in [0.25, 0.3) is 5.69 Å². The summed E-state index contributed by atoms with van der Waals surface area (Å²) in [5.41, 5.74) is 2.97. The Labute approximate surface area is 125 Å². The van der Waals surface area contributed by atoms with Crippen LogP contribution in [0.3, 0.4) is 0 Å². The molecule has 0 amide bonds. The van der Waals surface area contributed by atoms with E-state index in [0.29, 0.717) is 24.8 Å². The zero-order chi connectivity index (χ0) is 15.2. The molecule has 1 heterocycles. The molecule has 0 aliphatic carbocycles. The SMILES string of the molecule is CCOC(OCC)c1cn(-c2ccc(C(C)C)cc2)nn1. The molecule has 2 aromatic rings. The maximum atomic E-state index is 5.53. The smallest absolute Gasteiger partial charge is 0.204 e. The minimum Gasteiger partial charge on any atom is -0.347 e. The van der Waals surface area contributed by atoms with E-state index in [2.05, 4.69) is 36.3 Å². The van der Waals surface area contributed by atoms with Gasteiger partial charge in [0.2, 0.25) is 6.29 Å². The lowest BCUT2D eigenvalue weighted by molar-refractivity contribution is -0.142. The van der Waals surface area contributed by atoms with Gasteiger partial charge in [0.05, 0.1) is 11.9 Å². The highest BCUT2D eigenvalue weighted by Crippen LogP contribution is 2.19. The summed E-state index contributed by atoms with van der Waals surface area (Å²) in [6.07, 6.45) is 1.39. The fraction of sp³-hybridized carbons (Fsp3) is 0.500. The first kappa shape index (κ1) is 15.7. The maximum Gasteiger partial charge on any atom is 0.204 e. The number of ether oxygens (including phenoxy) is 2. The van der Waals surface area contributed by atoms with Gasteiger partial charge in [-0.2, -0.15) is 0 Å². The van der Waals surface area contributed by atoms with Crippen molar-refractivity contribution in [2.75, 3.05) is 13.2 Å². The van der Waals surface area contributed by atoms with Crippen LogP contribution >= 0.6 is 0 Å². The monoisotopic (exact) mass is 289 g/mol. The molecule has 2 rings (SSSR count). The lowest BCUT2D eigenvalue weighted by Gasteiger charge is -2.13. The molecule has 1 aromatic carbocycles. The molecule has 0 unspecified atom stereocenters. The fourth-order valence-corrected chi connectivity index (χ4v) is 2.04. The lowest BCUT2D eigenvalue weighted by Crippen LogP contribution is -2.09. The summed E-state index contributed by atoms with van der Waals surface area (Å²) >= 11 is 0. The second-order valence-electron chi connectivity index (χ2n) is 5.08. The molecular formula is C16H23N3O2. The maximum absolute atomic E-state index is 5.53. The minimum absolute atomic E-state index is 0.455. The minimum atomic E-state index is -0.455. The van der Waals surface area contributed by atoms with Crippen molar-refractivity contribution in [3.8, 4) is 5.69 Å². The molecule has 0 N–H and O–H groups in total. The highest BCUT2D eigenvalue weighted by atomic mass is 16.7. The topological polar surface area (TPSA) is 49.2 Å².